The quantitative estimate of drug-likeness (QED) is 0.685. The Morgan fingerprint density at radius 2 is 1.90 bits per heavy atom. The molecule has 0 saturated carbocycles. The first-order valence-electron chi connectivity index (χ1n) is 6.65. The normalized spacial score (nSPS) is 17.9. The molecule has 21 heavy (non-hydrogen) atoms. The summed E-state index contributed by atoms with van der Waals surface area (Å²) in [6.45, 7) is 0.884. The molecule has 1 aliphatic heterocycles. The number of nitrogens with zero attached hydrogens (tertiary/aromatic N) is 1. The van der Waals surface area contributed by atoms with E-state index in [0.29, 0.717) is 18.7 Å². The predicted octanol–water partition coefficient (Wildman–Crippen LogP) is 3.23. The van der Waals surface area contributed by atoms with Gasteiger partial charge in [0.1, 0.15) is 10.8 Å². The third kappa shape index (κ3) is 3.91. The van der Waals surface area contributed by atoms with Gasteiger partial charge in [-0.2, -0.15) is 13.2 Å². The third-order valence-electron chi connectivity index (χ3n) is 3.79. The van der Waals surface area contributed by atoms with Crippen molar-refractivity contribution >= 4 is 17.2 Å². The van der Waals surface area contributed by atoms with Gasteiger partial charge in [-0.15, -0.1) is 0 Å². The van der Waals surface area contributed by atoms with Gasteiger partial charge in [0.2, 0.25) is 0 Å². The Kier molecular flexibility index (Phi) is 4.83. The van der Waals surface area contributed by atoms with Crippen molar-refractivity contribution < 1.29 is 17.6 Å². The summed E-state index contributed by atoms with van der Waals surface area (Å²) >= 11 is 4.77. The van der Waals surface area contributed by atoms with Gasteiger partial charge in [0, 0.05) is 17.7 Å². The van der Waals surface area contributed by atoms with Crippen LogP contribution in [0.2, 0.25) is 0 Å². The van der Waals surface area contributed by atoms with Gasteiger partial charge in [0.25, 0.3) is 0 Å². The van der Waals surface area contributed by atoms with Crippen LogP contribution in [-0.2, 0) is 6.54 Å². The van der Waals surface area contributed by atoms with Gasteiger partial charge in [-0.25, -0.2) is 4.39 Å². The summed E-state index contributed by atoms with van der Waals surface area (Å²) in [6, 6.07) is 4.75. The Morgan fingerprint density at radius 3 is 2.43 bits per heavy atom. The van der Waals surface area contributed by atoms with E-state index >= 15 is 0 Å². The molecule has 0 amide bonds. The predicted molar refractivity (Wildman–Crippen MR) is 76.3 cm³/mol. The molecule has 0 spiro atoms. The van der Waals surface area contributed by atoms with Crippen LogP contribution in [0.1, 0.15) is 24.0 Å². The summed E-state index contributed by atoms with van der Waals surface area (Å²) in [5, 5.41) is 0. The number of halogens is 4. The van der Waals surface area contributed by atoms with Crippen LogP contribution < -0.4 is 5.73 Å². The van der Waals surface area contributed by atoms with Gasteiger partial charge < -0.3 is 5.73 Å². The molecule has 1 aromatic rings. The molecular weight excluding hydrogens is 304 g/mol. The molecule has 1 fully saturated rings. The average Bonchev–Trinajstić information content (AvgIpc) is 2.40. The second kappa shape index (κ2) is 6.27. The molecule has 1 heterocycles. The molecule has 0 bridgehead atoms. The number of nitrogens with two attached hydrogens (primary N) is 1. The minimum atomic E-state index is -4.14. The molecule has 2 rings (SSSR count). The van der Waals surface area contributed by atoms with E-state index in [0.717, 1.165) is 0 Å². The molecule has 116 valence electrons. The first-order chi connectivity index (χ1) is 9.79. The van der Waals surface area contributed by atoms with Crippen molar-refractivity contribution in [1.29, 1.82) is 0 Å². The molecule has 0 aromatic heterocycles. The summed E-state index contributed by atoms with van der Waals surface area (Å²) in [7, 11) is 0. The Labute approximate surface area is 125 Å². The second-order valence-corrected chi connectivity index (χ2v) is 5.67. The lowest BCUT2D eigenvalue weighted by atomic mass is 9.96. The molecule has 0 atom stereocenters. The largest absolute Gasteiger partial charge is 0.391 e. The monoisotopic (exact) mass is 320 g/mol. The van der Waals surface area contributed by atoms with Crippen molar-refractivity contribution in [3.63, 3.8) is 0 Å². The maximum Gasteiger partial charge on any atom is 0.391 e. The van der Waals surface area contributed by atoms with Gasteiger partial charge in [0.15, 0.2) is 0 Å². The van der Waals surface area contributed by atoms with Crippen LogP contribution in [0.4, 0.5) is 17.6 Å². The Hall–Kier alpha value is -1.21. The van der Waals surface area contributed by atoms with E-state index < -0.39 is 17.9 Å². The van der Waals surface area contributed by atoms with Crippen molar-refractivity contribution in [2.45, 2.75) is 25.6 Å². The maximum absolute atomic E-state index is 14.2. The van der Waals surface area contributed by atoms with Gasteiger partial charge in [0.05, 0.1) is 5.92 Å². The Bertz CT molecular complexity index is 522. The van der Waals surface area contributed by atoms with Crippen molar-refractivity contribution in [3.8, 4) is 0 Å². The number of piperidine rings is 1. The minimum Gasteiger partial charge on any atom is -0.389 e. The zero-order valence-electron chi connectivity index (χ0n) is 11.3. The van der Waals surface area contributed by atoms with E-state index in [4.69, 9.17) is 18.0 Å². The fourth-order valence-electron chi connectivity index (χ4n) is 2.55. The smallest absolute Gasteiger partial charge is 0.389 e. The highest BCUT2D eigenvalue weighted by molar-refractivity contribution is 7.80. The number of hydrogen-bond donors (Lipinski definition) is 1. The Balaban J connectivity index is 2.01. The van der Waals surface area contributed by atoms with Gasteiger partial charge >= 0.3 is 6.18 Å². The molecule has 1 aromatic carbocycles. The topological polar surface area (TPSA) is 29.3 Å². The number of benzene rings is 1. The highest BCUT2D eigenvalue weighted by Gasteiger charge is 2.41. The van der Waals surface area contributed by atoms with Crippen LogP contribution in [0, 0.1) is 11.7 Å². The van der Waals surface area contributed by atoms with Crippen LogP contribution in [0.15, 0.2) is 18.2 Å². The molecule has 0 radical (unpaired) electrons. The molecule has 0 unspecified atom stereocenters. The summed E-state index contributed by atoms with van der Waals surface area (Å²) in [6.07, 6.45) is -4.02. The fraction of sp³-hybridized carbons (Fsp3) is 0.500. The first kappa shape index (κ1) is 16.2. The SMILES string of the molecule is NC(=S)c1cccc(CN2CCC(C(F)(F)F)CC2)c1F. The summed E-state index contributed by atoms with van der Waals surface area (Å²) < 4.78 is 52.0. The van der Waals surface area contributed by atoms with Crippen molar-refractivity contribution in [1.82, 2.24) is 4.90 Å². The number of hydrogen-bond acceptors (Lipinski definition) is 2. The summed E-state index contributed by atoms with van der Waals surface area (Å²) in [5.41, 5.74) is 6.02. The average molecular weight is 320 g/mol. The third-order valence-corrected chi connectivity index (χ3v) is 4.01. The van der Waals surface area contributed by atoms with E-state index in [9.17, 15) is 17.6 Å². The first-order valence-corrected chi connectivity index (χ1v) is 7.06. The van der Waals surface area contributed by atoms with Crippen LogP contribution in [0.3, 0.4) is 0 Å². The molecular formula is C14H16F4N2S. The lowest BCUT2D eigenvalue weighted by Gasteiger charge is -2.33. The van der Waals surface area contributed by atoms with Gasteiger partial charge in [-0.1, -0.05) is 24.4 Å². The number of thiocarbonyl (C=S) groups is 1. The number of rotatable bonds is 3. The van der Waals surface area contributed by atoms with Crippen LogP contribution in [-0.4, -0.2) is 29.2 Å². The second-order valence-electron chi connectivity index (χ2n) is 5.23. The maximum atomic E-state index is 14.2. The summed E-state index contributed by atoms with van der Waals surface area (Å²) in [5.74, 6) is -1.73. The van der Waals surface area contributed by atoms with Crippen molar-refractivity contribution in [2.24, 2.45) is 11.7 Å². The van der Waals surface area contributed by atoms with Gasteiger partial charge in [-0.3, -0.25) is 4.90 Å². The highest BCUT2D eigenvalue weighted by Crippen LogP contribution is 2.34. The van der Waals surface area contributed by atoms with E-state index in [1.165, 1.54) is 6.07 Å². The Morgan fingerprint density at radius 1 is 1.29 bits per heavy atom. The zero-order valence-corrected chi connectivity index (χ0v) is 12.1. The van der Waals surface area contributed by atoms with Crippen LogP contribution >= 0.6 is 12.2 Å². The molecule has 0 aliphatic carbocycles. The fourth-order valence-corrected chi connectivity index (χ4v) is 2.71. The molecule has 7 heteroatoms. The molecule has 2 nitrogen and oxygen atoms in total. The number of likely N-dealkylation sites (tertiary alicyclic amines) is 1. The standard InChI is InChI=1S/C14H16F4N2S/c15-12-9(2-1-3-11(12)13(19)21)8-20-6-4-10(5-7-20)14(16,17)18/h1-3,10H,4-8H2,(H2,19,21). The van der Waals surface area contributed by atoms with Crippen molar-refractivity contribution in [2.75, 3.05) is 13.1 Å². The zero-order chi connectivity index (χ0) is 15.6. The molecule has 1 saturated heterocycles. The van der Waals surface area contributed by atoms with E-state index in [1.807, 2.05) is 4.90 Å². The molecule has 2 N–H and O–H groups in total. The van der Waals surface area contributed by atoms with Crippen LogP contribution in [0.25, 0.3) is 0 Å². The lowest BCUT2D eigenvalue weighted by molar-refractivity contribution is -0.185. The highest BCUT2D eigenvalue weighted by atomic mass is 32.1. The van der Waals surface area contributed by atoms with Crippen molar-refractivity contribution in [3.05, 3.63) is 35.1 Å². The lowest BCUT2D eigenvalue weighted by Crippen LogP contribution is -2.38. The minimum absolute atomic E-state index is 0.0230. The van der Waals surface area contributed by atoms with Gasteiger partial charge in [-0.05, 0) is 32.0 Å². The van der Waals surface area contributed by atoms with E-state index in [-0.39, 0.29) is 29.9 Å². The number of alkyl halides is 3. The van der Waals surface area contributed by atoms with E-state index in [2.05, 4.69) is 0 Å². The molecule has 1 aliphatic rings. The van der Waals surface area contributed by atoms with E-state index in [1.54, 1.807) is 12.1 Å². The van der Waals surface area contributed by atoms with Crippen LogP contribution in [0.5, 0.6) is 0 Å². The summed E-state index contributed by atoms with van der Waals surface area (Å²) in [4.78, 5) is 1.80.